The van der Waals surface area contributed by atoms with Gasteiger partial charge in [0.15, 0.2) is 11.5 Å². The van der Waals surface area contributed by atoms with Crippen LogP contribution in [0.1, 0.15) is 12.5 Å². The third kappa shape index (κ3) is 3.75. The quantitative estimate of drug-likeness (QED) is 0.739. The van der Waals surface area contributed by atoms with E-state index in [0.717, 1.165) is 17.9 Å². The van der Waals surface area contributed by atoms with Crippen LogP contribution in [0.3, 0.4) is 0 Å². The molecule has 1 aliphatic rings. The molecule has 6 heteroatoms. The molecule has 6 nitrogen and oxygen atoms in total. The van der Waals surface area contributed by atoms with Crippen molar-refractivity contribution in [2.45, 2.75) is 19.6 Å². The van der Waals surface area contributed by atoms with Crippen LogP contribution in [0, 0.1) is 0 Å². The maximum atomic E-state index is 9.65. The summed E-state index contributed by atoms with van der Waals surface area (Å²) in [5, 5.41) is 12.9. The van der Waals surface area contributed by atoms with Crippen LogP contribution in [0.2, 0.25) is 0 Å². The minimum Gasteiger partial charge on any atom is -0.490 e. The number of aliphatic hydroxyl groups excluding tert-OH is 1. The molecule has 0 saturated carbocycles. The van der Waals surface area contributed by atoms with E-state index in [1.165, 1.54) is 0 Å². The average Bonchev–Trinajstić information content (AvgIpc) is 2.89. The first-order valence-corrected chi connectivity index (χ1v) is 6.67. The van der Waals surface area contributed by atoms with E-state index in [1.54, 1.807) is 13.2 Å². The van der Waals surface area contributed by atoms with E-state index >= 15 is 0 Å². The predicted molar refractivity (Wildman–Crippen MR) is 73.3 cm³/mol. The highest BCUT2D eigenvalue weighted by molar-refractivity contribution is 5.51. The molecule has 2 N–H and O–H groups in total. The van der Waals surface area contributed by atoms with Crippen molar-refractivity contribution in [1.29, 1.82) is 0 Å². The maximum Gasteiger partial charge on any atom is 0.231 e. The van der Waals surface area contributed by atoms with Crippen LogP contribution in [0.15, 0.2) is 12.1 Å². The summed E-state index contributed by atoms with van der Waals surface area (Å²) < 4.78 is 21.2. The molecule has 0 fully saturated rings. The summed E-state index contributed by atoms with van der Waals surface area (Å²) in [6, 6.07) is 3.71. The standard InChI is InChI=1S/C14H21NO5/c1-3-15-6-10-4-13-14(20-9-19-13)5-12(10)18-8-11(16)7-17-2/h4-5,11,15-16H,3,6-9H2,1-2H3. The molecule has 0 saturated heterocycles. The van der Waals surface area contributed by atoms with Crippen LogP contribution in [-0.4, -0.2) is 44.9 Å². The molecule has 0 bridgehead atoms. The third-order valence-electron chi connectivity index (χ3n) is 2.91. The number of fused-ring (bicyclic) bond motifs is 1. The highest BCUT2D eigenvalue weighted by Crippen LogP contribution is 2.38. The second-order valence-corrected chi connectivity index (χ2v) is 4.51. The Morgan fingerprint density at radius 3 is 2.75 bits per heavy atom. The highest BCUT2D eigenvalue weighted by atomic mass is 16.7. The second kappa shape index (κ2) is 7.33. The number of nitrogens with one attached hydrogen (secondary N) is 1. The Kier molecular flexibility index (Phi) is 5.46. The van der Waals surface area contributed by atoms with E-state index in [4.69, 9.17) is 18.9 Å². The van der Waals surface area contributed by atoms with E-state index in [0.29, 0.717) is 18.0 Å². The molecule has 1 unspecified atom stereocenters. The molecule has 1 heterocycles. The lowest BCUT2D eigenvalue weighted by Crippen LogP contribution is -2.23. The molecule has 20 heavy (non-hydrogen) atoms. The van der Waals surface area contributed by atoms with Gasteiger partial charge in [-0.25, -0.2) is 0 Å². The van der Waals surface area contributed by atoms with Gasteiger partial charge in [-0.2, -0.15) is 0 Å². The smallest absolute Gasteiger partial charge is 0.231 e. The highest BCUT2D eigenvalue weighted by Gasteiger charge is 2.18. The SMILES string of the molecule is CCNCc1cc2c(cc1OCC(O)COC)OCO2. The van der Waals surface area contributed by atoms with Crippen LogP contribution in [-0.2, 0) is 11.3 Å². The summed E-state index contributed by atoms with van der Waals surface area (Å²) >= 11 is 0. The molecule has 0 aliphatic carbocycles. The van der Waals surface area contributed by atoms with Crippen molar-refractivity contribution < 1.29 is 24.1 Å². The number of hydrogen-bond donors (Lipinski definition) is 2. The molecule has 2 rings (SSSR count). The molecule has 0 spiro atoms. The molecule has 0 amide bonds. The first-order valence-electron chi connectivity index (χ1n) is 6.67. The molecule has 1 aromatic rings. The van der Waals surface area contributed by atoms with Crippen LogP contribution in [0.25, 0.3) is 0 Å². The summed E-state index contributed by atoms with van der Waals surface area (Å²) in [5.74, 6) is 2.08. The predicted octanol–water partition coefficient (Wildman–Crippen LogP) is 0.911. The normalized spacial score (nSPS) is 14.3. The van der Waals surface area contributed by atoms with Crippen LogP contribution < -0.4 is 19.5 Å². The van der Waals surface area contributed by atoms with Gasteiger partial charge in [-0.15, -0.1) is 0 Å². The summed E-state index contributed by atoms with van der Waals surface area (Å²) in [4.78, 5) is 0. The zero-order chi connectivity index (χ0) is 14.4. The fraction of sp³-hybridized carbons (Fsp3) is 0.571. The number of benzene rings is 1. The number of methoxy groups -OCH3 is 1. The van der Waals surface area contributed by atoms with Crippen molar-refractivity contribution in [3.05, 3.63) is 17.7 Å². The summed E-state index contributed by atoms with van der Waals surface area (Å²) in [6.07, 6.45) is -0.655. The topological polar surface area (TPSA) is 69.2 Å². The number of rotatable bonds is 8. The van der Waals surface area contributed by atoms with Gasteiger partial charge in [-0.1, -0.05) is 6.92 Å². The minimum absolute atomic E-state index is 0.173. The van der Waals surface area contributed by atoms with Gasteiger partial charge < -0.3 is 29.4 Å². The van der Waals surface area contributed by atoms with Gasteiger partial charge in [-0.05, 0) is 12.6 Å². The lowest BCUT2D eigenvalue weighted by molar-refractivity contribution is 0.0322. The van der Waals surface area contributed by atoms with E-state index < -0.39 is 6.10 Å². The number of ether oxygens (including phenoxy) is 4. The molecule has 0 aromatic heterocycles. The largest absolute Gasteiger partial charge is 0.490 e. The molecule has 1 aliphatic heterocycles. The van der Waals surface area contributed by atoms with Crippen molar-refractivity contribution in [2.24, 2.45) is 0 Å². The minimum atomic E-state index is -0.655. The number of hydrogen-bond acceptors (Lipinski definition) is 6. The molecular weight excluding hydrogens is 262 g/mol. The second-order valence-electron chi connectivity index (χ2n) is 4.51. The van der Waals surface area contributed by atoms with E-state index in [-0.39, 0.29) is 20.0 Å². The van der Waals surface area contributed by atoms with Gasteiger partial charge in [-0.3, -0.25) is 0 Å². The summed E-state index contributed by atoms with van der Waals surface area (Å²) in [7, 11) is 1.54. The van der Waals surface area contributed by atoms with Crippen LogP contribution in [0.5, 0.6) is 17.2 Å². The van der Waals surface area contributed by atoms with Gasteiger partial charge in [0.25, 0.3) is 0 Å². The molecule has 112 valence electrons. The molecule has 0 radical (unpaired) electrons. The van der Waals surface area contributed by atoms with Crippen LogP contribution in [0.4, 0.5) is 0 Å². The van der Waals surface area contributed by atoms with Gasteiger partial charge in [0, 0.05) is 25.3 Å². The monoisotopic (exact) mass is 283 g/mol. The Balaban J connectivity index is 2.08. The Morgan fingerprint density at radius 2 is 2.05 bits per heavy atom. The zero-order valence-electron chi connectivity index (χ0n) is 11.8. The van der Waals surface area contributed by atoms with E-state index in [9.17, 15) is 5.11 Å². The van der Waals surface area contributed by atoms with Gasteiger partial charge in [0.2, 0.25) is 6.79 Å². The Bertz CT molecular complexity index is 438. The lowest BCUT2D eigenvalue weighted by Gasteiger charge is -2.15. The zero-order valence-corrected chi connectivity index (χ0v) is 11.8. The first-order chi connectivity index (χ1) is 9.74. The molecule has 1 aromatic carbocycles. The van der Waals surface area contributed by atoms with Gasteiger partial charge in [0.05, 0.1) is 6.61 Å². The average molecular weight is 283 g/mol. The Labute approximate surface area is 118 Å². The van der Waals surface area contributed by atoms with Gasteiger partial charge >= 0.3 is 0 Å². The first kappa shape index (κ1) is 14.9. The van der Waals surface area contributed by atoms with Crippen molar-refractivity contribution in [3.63, 3.8) is 0 Å². The van der Waals surface area contributed by atoms with E-state index in [2.05, 4.69) is 5.32 Å². The van der Waals surface area contributed by atoms with E-state index in [1.807, 2.05) is 13.0 Å². The van der Waals surface area contributed by atoms with Crippen LogP contribution >= 0.6 is 0 Å². The molecule has 1 atom stereocenters. The van der Waals surface area contributed by atoms with Crippen molar-refractivity contribution >= 4 is 0 Å². The number of aliphatic hydroxyl groups is 1. The molecular formula is C14H21NO5. The lowest BCUT2D eigenvalue weighted by atomic mass is 10.1. The van der Waals surface area contributed by atoms with Crippen molar-refractivity contribution in [2.75, 3.05) is 33.7 Å². The fourth-order valence-corrected chi connectivity index (χ4v) is 1.92. The van der Waals surface area contributed by atoms with Crippen molar-refractivity contribution in [3.8, 4) is 17.2 Å². The Hall–Kier alpha value is -1.50. The fourth-order valence-electron chi connectivity index (χ4n) is 1.92. The maximum absolute atomic E-state index is 9.65. The summed E-state index contributed by atoms with van der Waals surface area (Å²) in [5.41, 5.74) is 0.973. The third-order valence-corrected chi connectivity index (χ3v) is 2.91. The Morgan fingerprint density at radius 1 is 1.30 bits per heavy atom. The summed E-state index contributed by atoms with van der Waals surface area (Å²) in [6.45, 7) is 4.21. The van der Waals surface area contributed by atoms with Gasteiger partial charge in [0.1, 0.15) is 18.5 Å². The van der Waals surface area contributed by atoms with Crippen molar-refractivity contribution in [1.82, 2.24) is 5.32 Å².